The van der Waals surface area contributed by atoms with Crippen LogP contribution in [-0.2, 0) is 103 Å². The van der Waals surface area contributed by atoms with E-state index in [-0.39, 0.29) is 149 Å². The molecular formula is C21H59NO9W4. The molecule has 6 N–H and O–H groups in total. The Hall–Kier alpha value is 0.723. The Labute approximate surface area is 279 Å². The predicted molar refractivity (Wildman–Crippen MR) is 138 cm³/mol. The van der Waals surface area contributed by atoms with E-state index in [2.05, 4.69) is 30.4 Å². The van der Waals surface area contributed by atoms with E-state index in [1.807, 2.05) is 0 Å². The number of carbonyl (C=O) groups excluding carboxylic acids is 2. The molecule has 0 fully saturated rings. The van der Waals surface area contributed by atoms with Crippen LogP contribution in [0.25, 0.3) is 0 Å². The van der Waals surface area contributed by atoms with Gasteiger partial charge in [0.1, 0.15) is 0 Å². The zero-order valence-corrected chi connectivity index (χ0v) is 31.8. The molecule has 226 valence electrons. The van der Waals surface area contributed by atoms with Gasteiger partial charge in [0, 0.05) is 27.9 Å². The fraction of sp³-hybridized carbons (Fsp3) is 0.524. The second-order valence-corrected chi connectivity index (χ2v) is 1.48. The molecule has 35 heavy (non-hydrogen) atoms. The number of esters is 1. The van der Waals surface area contributed by atoms with Gasteiger partial charge in [0.2, 0.25) is 0 Å². The molecule has 0 aliphatic carbocycles. The second kappa shape index (κ2) is 418. The summed E-state index contributed by atoms with van der Waals surface area (Å²) in [6, 6.07) is 1.50. The van der Waals surface area contributed by atoms with Crippen LogP contribution in [0.15, 0.2) is 0 Å². The number of rotatable bonds is 3. The first-order valence-corrected chi connectivity index (χ1v) is 5.40. The number of hydrogen-bond acceptors (Lipinski definition) is 9. The summed E-state index contributed by atoms with van der Waals surface area (Å²) in [6.07, 6.45) is 0. The number of aliphatic hydroxyl groups is 4. The second-order valence-electron chi connectivity index (χ2n) is 1.48. The first kappa shape index (κ1) is 174. The number of carbonyl (C=O) groups is 1. The molecule has 14 heteroatoms. The Morgan fingerprint density at radius 2 is 0.971 bits per heavy atom. The fourth-order valence-electron chi connectivity index (χ4n) is 0.220. The van der Waals surface area contributed by atoms with Crippen LogP contribution in [0.1, 0.15) is 43.6 Å². The van der Waals surface area contributed by atoms with Crippen LogP contribution in [-0.4, -0.2) is 72.9 Å². The minimum atomic E-state index is -0.461. The first-order chi connectivity index (χ1) is 10.6. The van der Waals surface area contributed by atoms with Crippen LogP contribution in [0.4, 0.5) is 0 Å². The van der Waals surface area contributed by atoms with Gasteiger partial charge in [-0.05, 0) is 13.8 Å². The quantitative estimate of drug-likeness (QED) is 0.243. The Kier molecular flexibility index (Phi) is 2080. The van der Waals surface area contributed by atoms with Crippen molar-refractivity contribution in [2.24, 2.45) is 0 Å². The average molecular weight is 1210 g/mol. The molecule has 0 aromatic heterocycles. The number of aliphatic hydroxyl groups excluding tert-OH is 4. The summed E-state index contributed by atoms with van der Waals surface area (Å²) >= 11 is 0. The maximum Gasteiger partial charge on any atom is 2.00 e. The summed E-state index contributed by atoms with van der Waals surface area (Å²) in [5, 5.41) is 35.0. The van der Waals surface area contributed by atoms with E-state index in [0.29, 0.717) is 13.2 Å². The normalized spacial score (nSPS) is 3.11. The van der Waals surface area contributed by atoms with Crippen LogP contribution >= 0.6 is 0 Å². The summed E-state index contributed by atoms with van der Waals surface area (Å²) in [6.45, 7) is 11.3. The smallest absolute Gasteiger partial charge is 0.653 e. The molecule has 0 aliphatic rings. The van der Waals surface area contributed by atoms with Gasteiger partial charge in [-0.2, -0.15) is 0 Å². The van der Waals surface area contributed by atoms with Gasteiger partial charge in [-0.15, -0.1) is 6.07 Å². The fourth-order valence-corrected chi connectivity index (χ4v) is 0.220. The Balaban J connectivity index is -0.00000000408. The summed E-state index contributed by atoms with van der Waals surface area (Å²) in [7, 11) is 5.25. The molecule has 0 saturated heterocycles. The van der Waals surface area contributed by atoms with Crippen molar-refractivity contribution in [3.8, 4) is 6.07 Å². The Morgan fingerprint density at radius 1 is 0.800 bits per heavy atom. The first-order valence-electron chi connectivity index (χ1n) is 5.40. The van der Waals surface area contributed by atoms with Crippen LogP contribution in [0, 0.1) is 62.0 Å². The van der Waals surface area contributed by atoms with Gasteiger partial charge in [0.15, 0.2) is 5.97 Å². The van der Waals surface area contributed by atoms with Crippen LogP contribution in [0.2, 0.25) is 0 Å². The van der Waals surface area contributed by atoms with E-state index in [4.69, 9.17) is 30.5 Å². The van der Waals surface area contributed by atoms with Crippen LogP contribution in [0.5, 0.6) is 0 Å². The van der Waals surface area contributed by atoms with Gasteiger partial charge in [0.25, 0.3) is 0 Å². The molecule has 0 spiro atoms. The third-order valence-electron chi connectivity index (χ3n) is 0.509. The van der Waals surface area contributed by atoms with Gasteiger partial charge in [-0.25, -0.2) is 12.4 Å². The van der Waals surface area contributed by atoms with Crippen molar-refractivity contribution in [1.82, 2.24) is 0 Å². The van der Waals surface area contributed by atoms with Crippen molar-refractivity contribution >= 4 is 12.4 Å². The number of ether oxygens (including phenoxy) is 2. The van der Waals surface area contributed by atoms with E-state index in [1.165, 1.54) is 12.5 Å². The van der Waals surface area contributed by atoms with E-state index in [9.17, 15) is 4.79 Å². The summed E-state index contributed by atoms with van der Waals surface area (Å²) in [5.41, 5.74) is 0. The van der Waals surface area contributed by atoms with E-state index >= 15 is 0 Å². The maximum absolute atomic E-state index is 9.71. The molecule has 0 saturated carbocycles. The van der Waals surface area contributed by atoms with E-state index < -0.39 is 5.97 Å². The molecule has 0 heterocycles. The number of hydrogen-bond donors (Lipinski definition) is 4. The third-order valence-corrected chi connectivity index (χ3v) is 0.509. The molecule has 0 unspecified atom stereocenters. The third kappa shape index (κ3) is 1140. The topological polar surface area (TPSA) is 189 Å². The minimum Gasteiger partial charge on any atom is -0.653 e. The molecule has 0 amide bonds. The molecular weight excluding hydrogens is 1150 g/mol. The molecule has 0 aromatic carbocycles. The van der Waals surface area contributed by atoms with Crippen molar-refractivity contribution in [3.05, 3.63) is 50.7 Å². The van der Waals surface area contributed by atoms with E-state index in [0.717, 1.165) is 21.3 Å². The molecule has 0 bridgehead atoms. The van der Waals surface area contributed by atoms with Crippen LogP contribution in [0.3, 0.4) is 0 Å². The van der Waals surface area contributed by atoms with Crippen molar-refractivity contribution in [2.75, 3.05) is 34.5 Å². The zero-order valence-electron chi connectivity index (χ0n) is 20.0. The van der Waals surface area contributed by atoms with Crippen LogP contribution < -0.4 is 0 Å². The van der Waals surface area contributed by atoms with Gasteiger partial charge in [0.05, 0.1) is 6.61 Å². The SMILES string of the molecule is C.C.C.C.CCO[C-]=O.CO.CO.CO.O.[CH2-]C#N.[CH2-]C(=O)OCC.[CH2-]O.[CH3-].[CH3-].[CH3-].[CH3-].[W+2].[W+2].[W+2].[W+2]. The minimum absolute atomic E-state index is 0. The van der Waals surface area contributed by atoms with Gasteiger partial charge >= 0.3 is 84.3 Å². The molecule has 0 aliphatic heterocycles. The average Bonchev–Trinajstić information content (AvgIpc) is 2.57. The molecule has 0 rings (SSSR count). The predicted octanol–water partition coefficient (Wildman–Crippen LogP) is 3.30. The molecule has 0 radical (unpaired) electrons. The van der Waals surface area contributed by atoms with Gasteiger partial charge in [-0.3, -0.25) is 11.7 Å². The van der Waals surface area contributed by atoms with E-state index in [1.54, 1.807) is 13.8 Å². The largest absolute Gasteiger partial charge is 2.00 e. The van der Waals surface area contributed by atoms with Gasteiger partial charge < -0.3 is 76.8 Å². The summed E-state index contributed by atoms with van der Waals surface area (Å²) in [4.78, 5) is 18.8. The monoisotopic (exact) mass is 1210 g/mol. The van der Waals surface area contributed by atoms with Crippen molar-refractivity contribution in [3.63, 3.8) is 0 Å². The van der Waals surface area contributed by atoms with Gasteiger partial charge in [-0.1, -0.05) is 36.2 Å². The molecule has 0 atom stereocenters. The van der Waals surface area contributed by atoms with Crippen molar-refractivity contribution in [2.45, 2.75) is 43.6 Å². The van der Waals surface area contributed by atoms with Crippen molar-refractivity contribution in [1.29, 1.82) is 5.26 Å². The number of nitrogens with zero attached hydrogens (tertiary/aromatic N) is 1. The standard InChI is InChI=1S/C4H7O2.C3H5O2.C2H2N.3CH4O.CH3O.4CH4.4CH3.H2O.4W/c1-3-6-4(2)5;1-2-5-3-4;1-2-3;4*1-2;;;;;;;;;;;;;/h2-3H2,1H3;2H2,1H3;1H2;3*2H,1H3;2H,1H2;4*1H4;4*1H3;1H2;;;;/q3*-1;;;;-1;;;;;4*-1;;4*+2. The van der Waals surface area contributed by atoms with Crippen molar-refractivity contribution < 1.29 is 129 Å². The molecule has 10 nitrogen and oxygen atoms in total. The zero-order chi connectivity index (χ0) is 19.8. The molecule has 0 aromatic rings. The summed E-state index contributed by atoms with van der Waals surface area (Å²) in [5.74, 6) is -0.461. The number of nitriles is 1. The Bertz CT molecular complexity index is 197. The maximum atomic E-state index is 9.71. The Morgan fingerprint density at radius 3 is 0.971 bits per heavy atom. The summed E-state index contributed by atoms with van der Waals surface area (Å²) < 4.78 is 8.32.